The van der Waals surface area contributed by atoms with Crippen molar-refractivity contribution >= 4 is 40.4 Å². The lowest BCUT2D eigenvalue weighted by Crippen LogP contribution is -2.36. The lowest BCUT2D eigenvalue weighted by Gasteiger charge is -2.40. The Kier molecular flexibility index (Phi) is 6.51. The molecule has 3 aliphatic carbocycles. The molecule has 4 N–H and O–H groups in total. The van der Waals surface area contributed by atoms with Gasteiger partial charge >= 0.3 is 5.97 Å². The Balaban J connectivity index is 0.000000183. The lowest BCUT2D eigenvalue weighted by atomic mass is 9.65. The number of fused-ring (bicyclic) bond motifs is 4. The van der Waals surface area contributed by atoms with Crippen molar-refractivity contribution in [2.45, 2.75) is 32.1 Å². The highest BCUT2D eigenvalue weighted by Crippen LogP contribution is 2.44. The summed E-state index contributed by atoms with van der Waals surface area (Å²) in [6.45, 7) is 2.89. The standard InChI is InChI=1S/C14H14ClN7O.C9H14O2/c15-9-7-18-14-12(19-9)8(6-17-14)13-20-10(16)5-11(21-13)22-1-3-23-4-2-22;10-9(11)8-5-6-1-3-7(8)4-2-6/h5-7H,1-4H2,(H,17,18)(H2,16,20,21);6-8H,1-5H2,(H,10,11). The van der Waals surface area contributed by atoms with Crippen LogP contribution in [0.3, 0.4) is 0 Å². The van der Waals surface area contributed by atoms with Gasteiger partial charge in [-0.1, -0.05) is 24.4 Å². The predicted molar refractivity (Wildman–Crippen MR) is 129 cm³/mol. The molecule has 4 fully saturated rings. The molecule has 4 aliphatic rings. The molecular formula is C23H28ClN7O3. The smallest absolute Gasteiger partial charge is 0.306 e. The molecule has 1 aliphatic heterocycles. The van der Waals surface area contributed by atoms with Crippen molar-refractivity contribution in [3.05, 3.63) is 23.6 Å². The van der Waals surface area contributed by atoms with Crippen molar-refractivity contribution in [3.63, 3.8) is 0 Å². The zero-order chi connectivity index (χ0) is 23.7. The van der Waals surface area contributed by atoms with E-state index in [1.54, 1.807) is 12.3 Å². The van der Waals surface area contributed by atoms with E-state index in [0.29, 0.717) is 47.1 Å². The average molecular weight is 486 g/mol. The quantitative estimate of drug-likeness (QED) is 0.508. The van der Waals surface area contributed by atoms with E-state index in [-0.39, 0.29) is 5.92 Å². The number of anilines is 2. The van der Waals surface area contributed by atoms with Gasteiger partial charge in [-0.2, -0.15) is 0 Å². The summed E-state index contributed by atoms with van der Waals surface area (Å²) in [6.07, 6.45) is 9.12. The predicted octanol–water partition coefficient (Wildman–Crippen LogP) is 3.38. The number of H-pyrrole nitrogens is 1. The van der Waals surface area contributed by atoms with Gasteiger partial charge in [0.05, 0.1) is 30.9 Å². The highest BCUT2D eigenvalue weighted by molar-refractivity contribution is 6.29. The van der Waals surface area contributed by atoms with Crippen LogP contribution in [0.1, 0.15) is 32.1 Å². The highest BCUT2D eigenvalue weighted by atomic mass is 35.5. The number of carboxylic acids is 1. The fraction of sp³-hybridized carbons (Fsp3) is 0.522. The van der Waals surface area contributed by atoms with Gasteiger partial charge in [0.15, 0.2) is 11.5 Å². The van der Waals surface area contributed by atoms with Crippen molar-refractivity contribution in [3.8, 4) is 11.4 Å². The van der Waals surface area contributed by atoms with Crippen LogP contribution in [0.25, 0.3) is 22.6 Å². The fourth-order valence-corrected chi connectivity index (χ4v) is 5.38. The third kappa shape index (κ3) is 4.78. The monoisotopic (exact) mass is 485 g/mol. The molecule has 7 rings (SSSR count). The number of carboxylic acid groups (broad SMARTS) is 1. The number of rotatable bonds is 3. The van der Waals surface area contributed by atoms with Crippen LogP contribution >= 0.6 is 11.6 Å². The Bertz CT molecular complexity index is 1170. The van der Waals surface area contributed by atoms with Gasteiger partial charge in [-0.15, -0.1) is 0 Å². The number of halogens is 1. The number of ether oxygens (including phenoxy) is 1. The van der Waals surface area contributed by atoms with Crippen molar-refractivity contribution in [2.24, 2.45) is 17.8 Å². The first-order chi connectivity index (χ1) is 16.5. The molecule has 0 radical (unpaired) electrons. The largest absolute Gasteiger partial charge is 0.481 e. The van der Waals surface area contributed by atoms with Crippen molar-refractivity contribution in [1.29, 1.82) is 0 Å². The van der Waals surface area contributed by atoms with Crippen molar-refractivity contribution < 1.29 is 14.6 Å². The van der Waals surface area contributed by atoms with Crippen molar-refractivity contribution in [1.82, 2.24) is 24.9 Å². The molecule has 2 bridgehead atoms. The second-order valence-corrected chi connectivity index (χ2v) is 9.51. The highest BCUT2D eigenvalue weighted by Gasteiger charge is 2.39. The maximum Gasteiger partial charge on any atom is 0.306 e. The SMILES string of the molecule is Nc1cc(N2CCOCC2)nc(-c2c[nH]c3ncc(Cl)nc23)n1.O=C(O)C1CC2CCC1CC2. The van der Waals surface area contributed by atoms with E-state index >= 15 is 0 Å². The fourth-order valence-electron chi connectivity index (χ4n) is 5.25. The molecule has 180 valence electrons. The number of morpholine rings is 1. The second-order valence-electron chi connectivity index (χ2n) is 9.13. The first-order valence-corrected chi connectivity index (χ1v) is 12.1. The molecule has 0 amide bonds. The molecule has 4 heterocycles. The van der Waals surface area contributed by atoms with Crippen LogP contribution in [0.2, 0.25) is 5.15 Å². The maximum absolute atomic E-state index is 10.7. The number of carbonyl (C=O) groups is 1. The number of aliphatic carboxylic acids is 1. The zero-order valence-corrected chi connectivity index (χ0v) is 19.5. The Morgan fingerprint density at radius 3 is 2.59 bits per heavy atom. The van der Waals surface area contributed by atoms with Gasteiger partial charge < -0.3 is 25.5 Å². The van der Waals surface area contributed by atoms with Crippen LogP contribution in [0, 0.1) is 17.8 Å². The Morgan fingerprint density at radius 2 is 1.94 bits per heavy atom. The van der Waals surface area contributed by atoms with Gasteiger partial charge in [-0.25, -0.2) is 19.9 Å². The molecule has 3 saturated carbocycles. The summed E-state index contributed by atoms with van der Waals surface area (Å²) in [4.78, 5) is 33.4. The molecule has 1 unspecified atom stereocenters. The van der Waals surface area contributed by atoms with Gasteiger partial charge in [-0.05, 0) is 31.1 Å². The molecule has 10 nitrogen and oxygen atoms in total. The number of nitrogens with zero attached hydrogens (tertiary/aromatic N) is 5. The van der Waals surface area contributed by atoms with Gasteiger partial charge in [0.25, 0.3) is 0 Å². The molecule has 1 saturated heterocycles. The van der Waals surface area contributed by atoms with Gasteiger partial charge in [0.2, 0.25) is 0 Å². The average Bonchev–Trinajstić information content (AvgIpc) is 3.28. The molecule has 1 atom stereocenters. The molecule has 3 aromatic rings. The number of nitrogens with two attached hydrogens (primary N) is 1. The molecule has 0 spiro atoms. The van der Waals surface area contributed by atoms with Crippen LogP contribution in [0.5, 0.6) is 0 Å². The van der Waals surface area contributed by atoms with Gasteiger partial charge in [-0.3, -0.25) is 4.79 Å². The summed E-state index contributed by atoms with van der Waals surface area (Å²) in [6, 6.07) is 1.77. The van der Waals surface area contributed by atoms with E-state index < -0.39 is 5.97 Å². The molecule has 34 heavy (non-hydrogen) atoms. The normalized spacial score (nSPS) is 24.0. The summed E-state index contributed by atoms with van der Waals surface area (Å²) >= 11 is 5.94. The zero-order valence-electron chi connectivity index (χ0n) is 18.8. The van der Waals surface area contributed by atoms with Crippen LogP contribution in [0.4, 0.5) is 11.6 Å². The van der Waals surface area contributed by atoms with E-state index in [0.717, 1.165) is 36.8 Å². The number of nitrogen functional groups attached to an aromatic ring is 1. The number of hydrogen-bond donors (Lipinski definition) is 3. The Labute approximate surface area is 201 Å². The number of hydrogen-bond acceptors (Lipinski definition) is 8. The summed E-state index contributed by atoms with van der Waals surface area (Å²) in [5.74, 6) is 2.37. The topological polar surface area (TPSA) is 143 Å². The first-order valence-electron chi connectivity index (χ1n) is 11.7. The van der Waals surface area contributed by atoms with E-state index in [1.165, 1.54) is 31.9 Å². The molecular weight excluding hydrogens is 458 g/mol. The Hall–Kier alpha value is -2.98. The minimum Gasteiger partial charge on any atom is -0.481 e. The lowest BCUT2D eigenvalue weighted by molar-refractivity contribution is -0.147. The number of aromatic nitrogens is 5. The van der Waals surface area contributed by atoms with E-state index in [9.17, 15) is 4.79 Å². The van der Waals surface area contributed by atoms with Crippen LogP contribution in [-0.4, -0.2) is 62.3 Å². The molecule has 3 aromatic heterocycles. The summed E-state index contributed by atoms with van der Waals surface area (Å²) in [5.41, 5.74) is 7.93. The van der Waals surface area contributed by atoms with E-state index in [1.807, 2.05) is 0 Å². The van der Waals surface area contributed by atoms with E-state index in [2.05, 4.69) is 29.8 Å². The van der Waals surface area contributed by atoms with Crippen LogP contribution in [-0.2, 0) is 9.53 Å². The van der Waals surface area contributed by atoms with Crippen LogP contribution < -0.4 is 10.6 Å². The molecule has 11 heteroatoms. The summed E-state index contributed by atoms with van der Waals surface area (Å²) in [7, 11) is 0. The number of nitrogens with one attached hydrogen (secondary N) is 1. The third-order valence-electron chi connectivity index (χ3n) is 7.02. The second kappa shape index (κ2) is 9.71. The first kappa shape index (κ1) is 22.8. The minimum absolute atomic E-state index is 0.00231. The minimum atomic E-state index is -0.556. The Morgan fingerprint density at radius 1 is 1.18 bits per heavy atom. The van der Waals surface area contributed by atoms with Gasteiger partial charge in [0.1, 0.15) is 22.3 Å². The molecule has 0 aromatic carbocycles. The number of aromatic amines is 1. The van der Waals surface area contributed by atoms with Crippen molar-refractivity contribution in [2.75, 3.05) is 36.9 Å². The maximum atomic E-state index is 10.7. The third-order valence-corrected chi connectivity index (χ3v) is 7.21. The van der Waals surface area contributed by atoms with Gasteiger partial charge in [0, 0.05) is 25.4 Å². The van der Waals surface area contributed by atoms with E-state index in [4.69, 9.17) is 27.2 Å². The summed E-state index contributed by atoms with van der Waals surface area (Å²) in [5, 5.41) is 9.18. The summed E-state index contributed by atoms with van der Waals surface area (Å²) < 4.78 is 5.37. The van der Waals surface area contributed by atoms with Crippen LogP contribution in [0.15, 0.2) is 18.5 Å².